The number of unbranched alkanes of at least 4 members (excludes halogenated alkanes) is 3. The summed E-state index contributed by atoms with van der Waals surface area (Å²) < 4.78 is 5.58. The van der Waals surface area contributed by atoms with E-state index in [0.717, 1.165) is 32.7 Å². The monoisotopic (exact) mass is 255 g/mol. The lowest BCUT2D eigenvalue weighted by Gasteiger charge is -2.05. The first-order chi connectivity index (χ1) is 8.43. The van der Waals surface area contributed by atoms with Gasteiger partial charge in [0.05, 0.1) is 13.2 Å². The predicted molar refractivity (Wildman–Crippen MR) is 75.9 cm³/mol. The topological polar surface area (TPSA) is 21.3 Å². The van der Waals surface area contributed by atoms with Crippen LogP contribution >= 0.6 is 11.3 Å². The van der Waals surface area contributed by atoms with Gasteiger partial charge in [-0.05, 0) is 24.4 Å². The van der Waals surface area contributed by atoms with E-state index < -0.39 is 0 Å². The van der Waals surface area contributed by atoms with Crippen LogP contribution in [0, 0.1) is 0 Å². The molecule has 0 aliphatic heterocycles. The van der Waals surface area contributed by atoms with E-state index in [1.54, 1.807) is 11.3 Å². The second kappa shape index (κ2) is 10.8. The minimum Gasteiger partial charge on any atom is -0.380 e. The molecule has 17 heavy (non-hydrogen) atoms. The first-order valence-electron chi connectivity index (χ1n) is 6.74. The van der Waals surface area contributed by atoms with Crippen LogP contribution in [0.2, 0.25) is 0 Å². The summed E-state index contributed by atoms with van der Waals surface area (Å²) in [5.41, 5.74) is 0. The first-order valence-corrected chi connectivity index (χ1v) is 7.62. The van der Waals surface area contributed by atoms with Crippen LogP contribution in [0.4, 0.5) is 0 Å². The molecule has 1 aromatic rings. The average Bonchev–Trinajstić information content (AvgIpc) is 2.85. The van der Waals surface area contributed by atoms with E-state index >= 15 is 0 Å². The highest BCUT2D eigenvalue weighted by Crippen LogP contribution is 2.08. The summed E-state index contributed by atoms with van der Waals surface area (Å²) in [6.45, 7) is 6.04. The molecule has 0 radical (unpaired) electrons. The molecule has 0 unspecified atom stereocenters. The largest absolute Gasteiger partial charge is 0.380 e. The summed E-state index contributed by atoms with van der Waals surface area (Å²) in [7, 11) is 0. The fourth-order valence-corrected chi connectivity index (χ4v) is 2.37. The number of thiophene rings is 1. The Morgan fingerprint density at radius 3 is 2.88 bits per heavy atom. The van der Waals surface area contributed by atoms with E-state index in [4.69, 9.17) is 4.74 Å². The van der Waals surface area contributed by atoms with E-state index in [2.05, 4.69) is 29.8 Å². The molecule has 0 aromatic carbocycles. The highest BCUT2D eigenvalue weighted by atomic mass is 32.1. The molecule has 0 aliphatic rings. The number of ether oxygens (including phenoxy) is 1. The lowest BCUT2D eigenvalue weighted by molar-refractivity contribution is 0.139. The molecule has 0 aliphatic carbocycles. The molecular formula is C14H25NOS. The van der Waals surface area contributed by atoms with Gasteiger partial charge in [-0.2, -0.15) is 0 Å². The quantitative estimate of drug-likeness (QED) is 0.611. The van der Waals surface area contributed by atoms with Crippen molar-refractivity contribution in [3.63, 3.8) is 0 Å². The third kappa shape index (κ3) is 8.36. The van der Waals surface area contributed by atoms with Gasteiger partial charge in [0.15, 0.2) is 0 Å². The molecule has 0 saturated heterocycles. The zero-order chi connectivity index (χ0) is 12.2. The van der Waals surface area contributed by atoms with Crippen LogP contribution in [0.25, 0.3) is 0 Å². The van der Waals surface area contributed by atoms with Crippen molar-refractivity contribution in [3.05, 3.63) is 22.4 Å². The highest BCUT2D eigenvalue weighted by Gasteiger charge is 1.94. The lowest BCUT2D eigenvalue weighted by Crippen LogP contribution is -2.21. The van der Waals surface area contributed by atoms with Crippen LogP contribution in [0.3, 0.4) is 0 Å². The van der Waals surface area contributed by atoms with Gasteiger partial charge < -0.3 is 10.1 Å². The standard InChI is InChI=1S/C14H25NOS/c1-2-3-4-5-9-15-10-12-16-11-8-14-7-6-13-17-14/h6-7,13,15H,2-5,8-12H2,1H3. The summed E-state index contributed by atoms with van der Waals surface area (Å²) in [5, 5.41) is 5.53. The Labute approximate surface area is 109 Å². The van der Waals surface area contributed by atoms with Gasteiger partial charge in [-0.25, -0.2) is 0 Å². The van der Waals surface area contributed by atoms with E-state index in [0.29, 0.717) is 0 Å². The molecule has 2 nitrogen and oxygen atoms in total. The van der Waals surface area contributed by atoms with E-state index in [1.807, 2.05) is 0 Å². The molecular weight excluding hydrogens is 230 g/mol. The second-order valence-corrected chi connectivity index (χ2v) is 5.28. The van der Waals surface area contributed by atoms with Crippen molar-refractivity contribution in [3.8, 4) is 0 Å². The summed E-state index contributed by atoms with van der Waals surface area (Å²) in [6.07, 6.45) is 6.37. The normalized spacial score (nSPS) is 10.9. The average molecular weight is 255 g/mol. The van der Waals surface area contributed by atoms with Crippen LogP contribution < -0.4 is 5.32 Å². The summed E-state index contributed by atoms with van der Waals surface area (Å²) >= 11 is 1.81. The van der Waals surface area contributed by atoms with E-state index in [1.165, 1.54) is 30.6 Å². The zero-order valence-electron chi connectivity index (χ0n) is 10.9. The van der Waals surface area contributed by atoms with Crippen LogP contribution in [0.5, 0.6) is 0 Å². The second-order valence-electron chi connectivity index (χ2n) is 4.25. The van der Waals surface area contributed by atoms with Gasteiger partial charge in [-0.15, -0.1) is 11.3 Å². The molecule has 0 spiro atoms. The van der Waals surface area contributed by atoms with Gasteiger partial charge in [0.2, 0.25) is 0 Å². The smallest absolute Gasteiger partial charge is 0.0591 e. The van der Waals surface area contributed by atoms with Crippen molar-refractivity contribution in [2.45, 2.75) is 39.0 Å². The fraction of sp³-hybridized carbons (Fsp3) is 0.714. The Morgan fingerprint density at radius 1 is 1.18 bits per heavy atom. The Balaban J connectivity index is 1.76. The maximum Gasteiger partial charge on any atom is 0.0591 e. The molecule has 98 valence electrons. The van der Waals surface area contributed by atoms with Gasteiger partial charge in [0.25, 0.3) is 0 Å². The van der Waals surface area contributed by atoms with Crippen LogP contribution in [0.15, 0.2) is 17.5 Å². The molecule has 1 N–H and O–H groups in total. The first kappa shape index (κ1) is 14.7. The molecule has 0 saturated carbocycles. The Kier molecular flexibility index (Phi) is 9.29. The molecule has 0 amide bonds. The molecule has 1 rings (SSSR count). The lowest BCUT2D eigenvalue weighted by atomic mass is 10.2. The molecule has 0 fully saturated rings. The van der Waals surface area contributed by atoms with E-state index in [-0.39, 0.29) is 0 Å². The maximum absolute atomic E-state index is 5.58. The number of rotatable bonds is 11. The third-order valence-electron chi connectivity index (χ3n) is 2.70. The van der Waals surface area contributed by atoms with Crippen LogP contribution in [0.1, 0.15) is 37.5 Å². The maximum atomic E-state index is 5.58. The van der Waals surface area contributed by atoms with Crippen LogP contribution in [-0.2, 0) is 11.2 Å². The minimum absolute atomic E-state index is 0.832. The summed E-state index contributed by atoms with van der Waals surface area (Å²) in [4.78, 5) is 1.41. The van der Waals surface area contributed by atoms with Crippen molar-refractivity contribution in [1.82, 2.24) is 5.32 Å². The van der Waals surface area contributed by atoms with Gasteiger partial charge in [-0.3, -0.25) is 0 Å². The van der Waals surface area contributed by atoms with Crippen molar-refractivity contribution in [2.75, 3.05) is 26.3 Å². The van der Waals surface area contributed by atoms with Crippen molar-refractivity contribution in [2.24, 2.45) is 0 Å². The molecule has 0 bridgehead atoms. The molecule has 1 aromatic heterocycles. The van der Waals surface area contributed by atoms with E-state index in [9.17, 15) is 0 Å². The number of nitrogens with one attached hydrogen (secondary N) is 1. The number of hydrogen-bond donors (Lipinski definition) is 1. The molecule has 0 atom stereocenters. The summed E-state index contributed by atoms with van der Waals surface area (Å²) in [5.74, 6) is 0. The SMILES string of the molecule is CCCCCCNCCOCCc1cccs1. The third-order valence-corrected chi connectivity index (χ3v) is 3.64. The highest BCUT2D eigenvalue weighted by molar-refractivity contribution is 7.09. The zero-order valence-corrected chi connectivity index (χ0v) is 11.7. The predicted octanol–water partition coefficient (Wildman–Crippen LogP) is 3.48. The molecule has 1 heterocycles. The Bertz CT molecular complexity index is 249. The Morgan fingerprint density at radius 2 is 2.12 bits per heavy atom. The van der Waals surface area contributed by atoms with Gasteiger partial charge >= 0.3 is 0 Å². The number of hydrogen-bond acceptors (Lipinski definition) is 3. The van der Waals surface area contributed by atoms with Gasteiger partial charge in [0.1, 0.15) is 0 Å². The van der Waals surface area contributed by atoms with Crippen LogP contribution in [-0.4, -0.2) is 26.3 Å². The minimum atomic E-state index is 0.832. The molecule has 3 heteroatoms. The summed E-state index contributed by atoms with van der Waals surface area (Å²) in [6, 6.07) is 4.26. The van der Waals surface area contributed by atoms with Crippen molar-refractivity contribution in [1.29, 1.82) is 0 Å². The van der Waals surface area contributed by atoms with Gasteiger partial charge in [-0.1, -0.05) is 32.3 Å². The fourth-order valence-electron chi connectivity index (χ4n) is 1.68. The van der Waals surface area contributed by atoms with Crippen molar-refractivity contribution < 1.29 is 4.74 Å². The Hall–Kier alpha value is -0.380. The van der Waals surface area contributed by atoms with Gasteiger partial charge in [0, 0.05) is 17.8 Å². The van der Waals surface area contributed by atoms with Crippen molar-refractivity contribution >= 4 is 11.3 Å².